The molecule has 0 aromatic rings. The predicted molar refractivity (Wildman–Crippen MR) is 81.7 cm³/mol. The first-order valence-electron chi connectivity index (χ1n) is 6.98. The van der Waals surface area contributed by atoms with Crippen molar-refractivity contribution in [3.8, 4) is 0 Å². The topological polar surface area (TPSA) is 156 Å². The SMILES string of the molecule is C[Si](C)(C)CCO[C@@H]1OC(CO)[C@@H](N=[N+]=[N-])[C@H](O)C1N=[N+]=[N-]. The molecule has 1 aliphatic rings. The van der Waals surface area contributed by atoms with Crippen molar-refractivity contribution in [2.45, 2.75) is 56.3 Å². The average molecular weight is 330 g/mol. The molecule has 11 heteroatoms. The summed E-state index contributed by atoms with van der Waals surface area (Å²) in [5.74, 6) is 0. The predicted octanol–water partition coefficient (Wildman–Crippen LogP) is 1.78. The Hall–Kier alpha value is -1.32. The van der Waals surface area contributed by atoms with Crippen LogP contribution in [0.2, 0.25) is 25.7 Å². The van der Waals surface area contributed by atoms with E-state index >= 15 is 0 Å². The van der Waals surface area contributed by atoms with Gasteiger partial charge in [-0.25, -0.2) is 0 Å². The van der Waals surface area contributed by atoms with E-state index in [-0.39, 0.29) is 0 Å². The van der Waals surface area contributed by atoms with Crippen LogP contribution in [0.1, 0.15) is 0 Å². The fraction of sp³-hybridized carbons (Fsp3) is 1.00. The fourth-order valence-corrected chi connectivity index (χ4v) is 2.80. The van der Waals surface area contributed by atoms with E-state index in [0.29, 0.717) is 6.61 Å². The van der Waals surface area contributed by atoms with Crippen molar-refractivity contribution in [2.24, 2.45) is 10.2 Å². The van der Waals surface area contributed by atoms with Crippen LogP contribution in [0.3, 0.4) is 0 Å². The zero-order valence-electron chi connectivity index (χ0n) is 12.9. The lowest BCUT2D eigenvalue weighted by Crippen LogP contribution is -2.57. The van der Waals surface area contributed by atoms with E-state index in [2.05, 4.69) is 39.7 Å². The summed E-state index contributed by atoms with van der Waals surface area (Å²) in [6, 6.07) is -1.21. The molecule has 1 fully saturated rings. The highest BCUT2D eigenvalue weighted by Crippen LogP contribution is 2.27. The van der Waals surface area contributed by atoms with Gasteiger partial charge in [-0.15, -0.1) is 0 Å². The maximum absolute atomic E-state index is 10.2. The second-order valence-corrected chi connectivity index (χ2v) is 11.9. The van der Waals surface area contributed by atoms with Crippen molar-refractivity contribution < 1.29 is 19.7 Å². The number of rotatable bonds is 7. The summed E-state index contributed by atoms with van der Waals surface area (Å²) in [5.41, 5.74) is 17.2. The highest BCUT2D eigenvalue weighted by Gasteiger charge is 2.45. The van der Waals surface area contributed by atoms with E-state index in [4.69, 9.17) is 20.5 Å². The average Bonchev–Trinajstić information content (AvgIpc) is 2.44. The minimum atomic E-state index is -1.31. The lowest BCUT2D eigenvalue weighted by atomic mass is 9.96. The first-order chi connectivity index (χ1) is 10.3. The summed E-state index contributed by atoms with van der Waals surface area (Å²) < 4.78 is 11.1. The summed E-state index contributed by atoms with van der Waals surface area (Å²) in [6.07, 6.45) is -3.17. The number of hydrogen-bond donors (Lipinski definition) is 2. The molecule has 0 aromatic heterocycles. The molecular formula is C11H22N6O4Si. The van der Waals surface area contributed by atoms with Crippen LogP contribution >= 0.6 is 0 Å². The Bertz CT molecular complexity index is 460. The lowest BCUT2D eigenvalue weighted by Gasteiger charge is -2.40. The zero-order chi connectivity index (χ0) is 16.8. The molecule has 0 radical (unpaired) electrons. The van der Waals surface area contributed by atoms with Gasteiger partial charge in [-0.2, -0.15) is 0 Å². The van der Waals surface area contributed by atoms with Crippen LogP contribution in [0.15, 0.2) is 10.2 Å². The van der Waals surface area contributed by atoms with Crippen LogP contribution < -0.4 is 0 Å². The van der Waals surface area contributed by atoms with Crippen LogP contribution in [0.4, 0.5) is 0 Å². The monoisotopic (exact) mass is 330 g/mol. The van der Waals surface area contributed by atoms with Gasteiger partial charge in [0, 0.05) is 24.5 Å². The van der Waals surface area contributed by atoms with E-state index in [9.17, 15) is 10.2 Å². The number of ether oxygens (including phenoxy) is 2. The molecule has 1 rings (SSSR count). The normalized spacial score (nSPS) is 32.0. The molecule has 2 N–H and O–H groups in total. The van der Waals surface area contributed by atoms with Gasteiger partial charge in [-0.1, -0.05) is 29.9 Å². The molecule has 0 spiro atoms. The Labute approximate surface area is 129 Å². The molecule has 1 heterocycles. The minimum absolute atomic E-state index is 0.398. The molecule has 0 saturated carbocycles. The molecule has 0 aromatic carbocycles. The molecule has 10 nitrogen and oxygen atoms in total. The minimum Gasteiger partial charge on any atom is -0.394 e. The Balaban J connectivity index is 2.85. The van der Waals surface area contributed by atoms with Crippen molar-refractivity contribution in [1.82, 2.24) is 0 Å². The van der Waals surface area contributed by atoms with E-state index in [1.54, 1.807) is 0 Å². The van der Waals surface area contributed by atoms with E-state index < -0.39 is 45.3 Å². The van der Waals surface area contributed by atoms with E-state index in [0.717, 1.165) is 6.04 Å². The zero-order valence-corrected chi connectivity index (χ0v) is 13.9. The lowest BCUT2D eigenvalue weighted by molar-refractivity contribution is -0.235. The third kappa shape index (κ3) is 5.15. The number of azide groups is 2. The molecule has 5 atom stereocenters. The maximum atomic E-state index is 10.2. The molecule has 0 amide bonds. The molecule has 2 unspecified atom stereocenters. The van der Waals surface area contributed by atoms with Gasteiger partial charge in [-0.05, 0) is 17.1 Å². The maximum Gasteiger partial charge on any atom is 0.169 e. The van der Waals surface area contributed by atoms with Crippen molar-refractivity contribution in [1.29, 1.82) is 0 Å². The highest BCUT2D eigenvalue weighted by molar-refractivity contribution is 6.76. The van der Waals surface area contributed by atoms with Crippen LogP contribution in [0.5, 0.6) is 0 Å². The van der Waals surface area contributed by atoms with Crippen LogP contribution in [-0.4, -0.2) is 62.1 Å². The summed E-state index contributed by atoms with van der Waals surface area (Å²) in [5, 5.41) is 26.5. The highest BCUT2D eigenvalue weighted by atomic mass is 28.3. The molecule has 1 saturated heterocycles. The van der Waals surface area contributed by atoms with Crippen LogP contribution in [0, 0.1) is 0 Å². The summed E-state index contributed by atoms with van der Waals surface area (Å²) in [7, 11) is -1.31. The van der Waals surface area contributed by atoms with E-state index in [1.165, 1.54) is 0 Å². The second-order valence-electron chi connectivity index (χ2n) is 6.29. The number of hydrogen-bond acceptors (Lipinski definition) is 6. The summed E-state index contributed by atoms with van der Waals surface area (Å²) in [6.45, 7) is 6.51. The van der Waals surface area contributed by atoms with E-state index in [1.807, 2.05) is 0 Å². The molecule has 124 valence electrons. The molecule has 0 aliphatic carbocycles. The molecular weight excluding hydrogens is 308 g/mol. The first-order valence-corrected chi connectivity index (χ1v) is 10.7. The van der Waals surface area contributed by atoms with Crippen LogP contribution in [0.25, 0.3) is 20.9 Å². The van der Waals surface area contributed by atoms with Crippen molar-refractivity contribution in [2.75, 3.05) is 13.2 Å². The molecule has 22 heavy (non-hydrogen) atoms. The van der Waals surface area contributed by atoms with Gasteiger partial charge in [-0.3, -0.25) is 0 Å². The summed E-state index contributed by atoms with van der Waals surface area (Å²) >= 11 is 0. The summed E-state index contributed by atoms with van der Waals surface area (Å²) in [4.78, 5) is 5.30. The first kappa shape index (κ1) is 18.7. The number of nitrogens with zero attached hydrogens (tertiary/aromatic N) is 6. The van der Waals surface area contributed by atoms with Crippen molar-refractivity contribution >= 4 is 8.07 Å². The van der Waals surface area contributed by atoms with Crippen molar-refractivity contribution in [3.05, 3.63) is 20.9 Å². The fourth-order valence-electron chi connectivity index (χ4n) is 2.07. The van der Waals surface area contributed by atoms with Gasteiger partial charge in [0.05, 0.1) is 24.9 Å². The van der Waals surface area contributed by atoms with Gasteiger partial charge >= 0.3 is 0 Å². The van der Waals surface area contributed by atoms with Gasteiger partial charge in [0.1, 0.15) is 6.04 Å². The molecule has 1 aliphatic heterocycles. The van der Waals surface area contributed by atoms with Crippen LogP contribution in [-0.2, 0) is 9.47 Å². The van der Waals surface area contributed by atoms with Crippen molar-refractivity contribution in [3.63, 3.8) is 0 Å². The third-order valence-electron chi connectivity index (χ3n) is 3.35. The standard InChI is InChI=1S/C11H22N6O4Si/c1-22(2,3)5-4-20-11-9(15-17-13)10(19)8(14-16-12)7(6-18)21-11/h7-11,18-19H,4-6H2,1-3H3/t7?,8-,9?,10+,11-/m1/s1. The van der Waals surface area contributed by atoms with Gasteiger partial charge in [0.2, 0.25) is 0 Å². The Morgan fingerprint density at radius 3 is 2.27 bits per heavy atom. The second kappa shape index (κ2) is 8.35. The van der Waals surface area contributed by atoms with Gasteiger partial charge in [0.15, 0.2) is 6.29 Å². The largest absolute Gasteiger partial charge is 0.394 e. The Morgan fingerprint density at radius 1 is 1.18 bits per heavy atom. The number of aliphatic hydroxyl groups is 2. The number of aliphatic hydroxyl groups excluding tert-OH is 2. The molecule has 0 bridgehead atoms. The smallest absolute Gasteiger partial charge is 0.169 e. The third-order valence-corrected chi connectivity index (χ3v) is 5.06. The Morgan fingerprint density at radius 2 is 1.77 bits per heavy atom. The van der Waals surface area contributed by atoms with Gasteiger partial charge in [0.25, 0.3) is 0 Å². The van der Waals surface area contributed by atoms with Gasteiger partial charge < -0.3 is 19.7 Å². The Kier molecular flexibility index (Phi) is 7.10. The quantitative estimate of drug-likeness (QED) is 0.315.